The van der Waals surface area contributed by atoms with Crippen LogP contribution in [-0.2, 0) is 4.79 Å². The molecule has 5 heteroatoms. The van der Waals surface area contributed by atoms with Crippen molar-refractivity contribution < 1.29 is 20.1 Å². The largest absolute Gasteiger partial charge is 0.394 e. The van der Waals surface area contributed by atoms with Crippen molar-refractivity contribution in [3.63, 3.8) is 0 Å². The van der Waals surface area contributed by atoms with E-state index in [2.05, 4.69) is 19.2 Å². The van der Waals surface area contributed by atoms with Gasteiger partial charge in [-0.1, -0.05) is 123 Å². The van der Waals surface area contributed by atoms with Crippen molar-refractivity contribution in [2.45, 2.75) is 154 Å². The van der Waals surface area contributed by atoms with E-state index in [0.29, 0.717) is 12.8 Å². The summed E-state index contributed by atoms with van der Waals surface area (Å²) in [5, 5.41) is 32.4. The minimum Gasteiger partial charge on any atom is -0.394 e. The first-order chi connectivity index (χ1) is 15.1. The molecule has 3 atom stereocenters. The maximum absolute atomic E-state index is 12.1. The summed E-state index contributed by atoms with van der Waals surface area (Å²) >= 11 is 0. The van der Waals surface area contributed by atoms with Gasteiger partial charge in [0.2, 0.25) is 5.91 Å². The first-order valence-electron chi connectivity index (χ1n) is 13.3. The minimum absolute atomic E-state index is 0.312. The number of hydrogen-bond donors (Lipinski definition) is 4. The lowest BCUT2D eigenvalue weighted by Crippen LogP contribution is -2.49. The van der Waals surface area contributed by atoms with Gasteiger partial charge in [-0.2, -0.15) is 0 Å². The number of aliphatic hydroxyl groups is 3. The van der Waals surface area contributed by atoms with Crippen molar-refractivity contribution in [2.24, 2.45) is 0 Å². The zero-order valence-corrected chi connectivity index (χ0v) is 20.6. The van der Waals surface area contributed by atoms with E-state index in [4.69, 9.17) is 0 Å². The van der Waals surface area contributed by atoms with Gasteiger partial charge in [-0.15, -0.1) is 0 Å². The molecule has 31 heavy (non-hydrogen) atoms. The third-order valence-corrected chi connectivity index (χ3v) is 6.23. The second-order valence-electron chi connectivity index (χ2n) is 9.26. The Morgan fingerprint density at radius 2 is 1.03 bits per heavy atom. The fourth-order valence-corrected chi connectivity index (χ4v) is 4.01. The van der Waals surface area contributed by atoms with E-state index in [1.54, 1.807) is 0 Å². The van der Waals surface area contributed by atoms with E-state index in [1.165, 1.54) is 70.6 Å². The van der Waals surface area contributed by atoms with E-state index < -0.39 is 24.2 Å². The van der Waals surface area contributed by atoms with E-state index in [0.717, 1.165) is 38.5 Å². The Kier molecular flexibility index (Phi) is 22.1. The van der Waals surface area contributed by atoms with Crippen LogP contribution >= 0.6 is 0 Å². The molecule has 0 fully saturated rings. The number of carbonyl (C=O) groups is 1. The molecule has 0 saturated carbocycles. The molecule has 0 aromatic carbocycles. The topological polar surface area (TPSA) is 89.8 Å². The van der Waals surface area contributed by atoms with Gasteiger partial charge in [0.25, 0.3) is 0 Å². The third kappa shape index (κ3) is 18.6. The normalized spacial score (nSPS) is 14.4. The molecule has 0 spiro atoms. The zero-order chi connectivity index (χ0) is 23.2. The standard InChI is InChI=1S/C26H53NO4/c1-3-5-7-9-10-11-12-13-14-15-16-17-19-20-24(29)23(22-28)27-26(31)25(30)21-18-8-6-4-2/h23-25,28-30H,3-22H2,1-2H3,(H,27,31)/t23-,24+,25-/m0/s1. The number of aliphatic hydroxyl groups excluding tert-OH is 3. The summed E-state index contributed by atoms with van der Waals surface area (Å²) in [6.07, 6.45) is 19.8. The second kappa shape index (κ2) is 22.5. The molecule has 0 aromatic heterocycles. The Hall–Kier alpha value is -0.650. The minimum atomic E-state index is -1.06. The van der Waals surface area contributed by atoms with Gasteiger partial charge in [-0.25, -0.2) is 0 Å². The zero-order valence-electron chi connectivity index (χ0n) is 20.6. The number of amides is 1. The molecule has 0 unspecified atom stereocenters. The molecule has 0 rings (SSSR count). The summed E-state index contributed by atoms with van der Waals surface area (Å²) in [7, 11) is 0. The lowest BCUT2D eigenvalue weighted by Gasteiger charge is -2.23. The quantitative estimate of drug-likeness (QED) is 0.154. The molecule has 5 nitrogen and oxygen atoms in total. The predicted octanol–water partition coefficient (Wildman–Crippen LogP) is 5.64. The number of carbonyl (C=O) groups excluding carboxylic acids is 1. The van der Waals surface area contributed by atoms with Crippen molar-refractivity contribution >= 4 is 5.91 Å². The van der Waals surface area contributed by atoms with Crippen LogP contribution in [-0.4, -0.2) is 46.1 Å². The molecular weight excluding hydrogens is 390 g/mol. The van der Waals surface area contributed by atoms with Crippen molar-refractivity contribution in [2.75, 3.05) is 6.61 Å². The maximum Gasteiger partial charge on any atom is 0.249 e. The smallest absolute Gasteiger partial charge is 0.249 e. The van der Waals surface area contributed by atoms with Gasteiger partial charge in [0.1, 0.15) is 6.10 Å². The van der Waals surface area contributed by atoms with Gasteiger partial charge in [0.15, 0.2) is 0 Å². The van der Waals surface area contributed by atoms with Crippen LogP contribution in [0, 0.1) is 0 Å². The Labute approximate surface area is 192 Å². The third-order valence-electron chi connectivity index (χ3n) is 6.23. The van der Waals surface area contributed by atoms with Crippen molar-refractivity contribution in [3.8, 4) is 0 Å². The number of nitrogens with one attached hydrogen (secondary N) is 1. The lowest BCUT2D eigenvalue weighted by molar-refractivity contribution is -0.131. The first kappa shape index (κ1) is 30.4. The highest BCUT2D eigenvalue weighted by Crippen LogP contribution is 2.14. The molecule has 0 radical (unpaired) electrons. The molecule has 0 heterocycles. The molecular formula is C26H53NO4. The van der Waals surface area contributed by atoms with Crippen molar-refractivity contribution in [1.29, 1.82) is 0 Å². The van der Waals surface area contributed by atoms with Crippen LogP contribution in [0.2, 0.25) is 0 Å². The van der Waals surface area contributed by atoms with Crippen LogP contribution in [0.15, 0.2) is 0 Å². The molecule has 0 saturated heterocycles. The van der Waals surface area contributed by atoms with Crippen LogP contribution < -0.4 is 5.32 Å². The average Bonchev–Trinajstić information content (AvgIpc) is 2.77. The van der Waals surface area contributed by atoms with Gasteiger partial charge in [0.05, 0.1) is 18.8 Å². The van der Waals surface area contributed by atoms with Gasteiger partial charge in [-0.3, -0.25) is 4.79 Å². The highest BCUT2D eigenvalue weighted by Gasteiger charge is 2.23. The Morgan fingerprint density at radius 1 is 0.645 bits per heavy atom. The molecule has 0 aliphatic rings. The van der Waals surface area contributed by atoms with Crippen LogP contribution in [0.1, 0.15) is 136 Å². The van der Waals surface area contributed by atoms with Crippen LogP contribution in [0.5, 0.6) is 0 Å². The first-order valence-corrected chi connectivity index (χ1v) is 13.3. The molecule has 0 aliphatic carbocycles. The monoisotopic (exact) mass is 443 g/mol. The van der Waals surface area contributed by atoms with Crippen molar-refractivity contribution in [3.05, 3.63) is 0 Å². The highest BCUT2D eigenvalue weighted by atomic mass is 16.3. The van der Waals surface area contributed by atoms with E-state index in [9.17, 15) is 20.1 Å². The Morgan fingerprint density at radius 3 is 1.48 bits per heavy atom. The fourth-order valence-electron chi connectivity index (χ4n) is 4.01. The van der Waals surface area contributed by atoms with Gasteiger partial charge >= 0.3 is 0 Å². The Balaban J connectivity index is 3.70. The number of rotatable bonds is 23. The second-order valence-corrected chi connectivity index (χ2v) is 9.26. The highest BCUT2D eigenvalue weighted by molar-refractivity contribution is 5.80. The van der Waals surface area contributed by atoms with Crippen LogP contribution in [0.4, 0.5) is 0 Å². The number of unbranched alkanes of at least 4 members (excludes halogenated alkanes) is 15. The molecule has 0 aliphatic heterocycles. The summed E-state index contributed by atoms with van der Waals surface area (Å²) in [6, 6.07) is -0.699. The lowest BCUT2D eigenvalue weighted by atomic mass is 10.0. The number of hydrogen-bond acceptors (Lipinski definition) is 4. The summed E-state index contributed by atoms with van der Waals surface area (Å²) in [5.41, 5.74) is 0. The Bertz CT molecular complexity index is 392. The fraction of sp³-hybridized carbons (Fsp3) is 0.962. The molecule has 4 N–H and O–H groups in total. The summed E-state index contributed by atoms with van der Waals surface area (Å²) in [5.74, 6) is -0.486. The molecule has 0 aromatic rings. The average molecular weight is 444 g/mol. The summed E-state index contributed by atoms with van der Waals surface area (Å²) in [4.78, 5) is 12.1. The van der Waals surface area contributed by atoms with Gasteiger partial charge in [-0.05, 0) is 12.8 Å². The molecule has 1 amide bonds. The summed E-state index contributed by atoms with van der Waals surface area (Å²) < 4.78 is 0. The van der Waals surface area contributed by atoms with Crippen LogP contribution in [0.25, 0.3) is 0 Å². The van der Waals surface area contributed by atoms with E-state index in [-0.39, 0.29) is 6.61 Å². The van der Waals surface area contributed by atoms with Gasteiger partial charge in [0, 0.05) is 0 Å². The van der Waals surface area contributed by atoms with Crippen LogP contribution in [0.3, 0.4) is 0 Å². The summed E-state index contributed by atoms with van der Waals surface area (Å²) in [6.45, 7) is 4.06. The maximum atomic E-state index is 12.1. The van der Waals surface area contributed by atoms with Crippen molar-refractivity contribution in [1.82, 2.24) is 5.32 Å². The predicted molar refractivity (Wildman–Crippen MR) is 130 cm³/mol. The molecule has 0 bridgehead atoms. The van der Waals surface area contributed by atoms with E-state index >= 15 is 0 Å². The van der Waals surface area contributed by atoms with E-state index in [1.807, 2.05) is 0 Å². The molecule has 186 valence electrons. The SMILES string of the molecule is CCCCCCCCCCCCCCC[C@@H](O)[C@H](CO)NC(=O)[C@@H](O)CCCCCC. The van der Waals surface area contributed by atoms with Gasteiger partial charge < -0.3 is 20.6 Å².